The molecular weight excluding hydrogens is 338 g/mol. The minimum absolute atomic E-state index is 0.0290. The molecule has 1 saturated heterocycles. The van der Waals surface area contributed by atoms with E-state index in [9.17, 15) is 18.4 Å². The Bertz CT molecular complexity index is 641. The van der Waals surface area contributed by atoms with E-state index >= 15 is 0 Å². The summed E-state index contributed by atoms with van der Waals surface area (Å²) in [5, 5.41) is 3.05. The minimum atomic E-state index is -0.853. The highest BCUT2D eigenvalue weighted by atomic mass is 19.1. The van der Waals surface area contributed by atoms with E-state index in [0.717, 1.165) is 18.9 Å². The lowest BCUT2D eigenvalue weighted by molar-refractivity contribution is -0.127. The second-order valence-corrected chi connectivity index (χ2v) is 7.57. The lowest BCUT2D eigenvalue weighted by Crippen LogP contribution is -2.45. The molecule has 0 aliphatic carbocycles. The summed E-state index contributed by atoms with van der Waals surface area (Å²) in [5.41, 5.74) is -0.128. The standard InChI is InChI=1S/C20H28F2N2O2/c1-13(2)4-5-14(3)23-19(25)15-8-10-24(11-9-15)20(26)17-7-6-16(21)12-18(17)22/h6-7,12-15H,4-5,8-11H2,1-3H3,(H,23,25). The third kappa shape index (κ3) is 5.51. The van der Waals surface area contributed by atoms with Gasteiger partial charge in [-0.1, -0.05) is 13.8 Å². The number of halogens is 2. The molecule has 2 amide bonds. The zero-order valence-corrected chi connectivity index (χ0v) is 15.7. The molecule has 2 rings (SSSR count). The molecule has 1 atom stereocenters. The van der Waals surface area contributed by atoms with E-state index in [-0.39, 0.29) is 23.4 Å². The summed E-state index contributed by atoms with van der Waals surface area (Å²) in [6, 6.07) is 3.10. The number of nitrogens with one attached hydrogen (secondary N) is 1. The van der Waals surface area contributed by atoms with Gasteiger partial charge in [0.2, 0.25) is 5.91 Å². The van der Waals surface area contributed by atoms with E-state index in [1.807, 2.05) is 6.92 Å². The highest BCUT2D eigenvalue weighted by Gasteiger charge is 2.29. The maximum atomic E-state index is 13.8. The SMILES string of the molecule is CC(C)CCC(C)NC(=O)C1CCN(C(=O)c2ccc(F)cc2F)CC1. The first-order valence-electron chi connectivity index (χ1n) is 9.32. The van der Waals surface area contributed by atoms with Gasteiger partial charge >= 0.3 is 0 Å². The van der Waals surface area contributed by atoms with Gasteiger partial charge in [0.25, 0.3) is 5.91 Å². The van der Waals surface area contributed by atoms with Crippen LogP contribution < -0.4 is 5.32 Å². The first-order chi connectivity index (χ1) is 12.3. The maximum Gasteiger partial charge on any atom is 0.256 e. The van der Waals surface area contributed by atoms with Crippen LogP contribution >= 0.6 is 0 Å². The molecule has 1 unspecified atom stereocenters. The molecule has 6 heteroatoms. The lowest BCUT2D eigenvalue weighted by atomic mass is 9.94. The molecular formula is C20H28F2N2O2. The number of piperidine rings is 1. The number of carbonyl (C=O) groups excluding carboxylic acids is 2. The second-order valence-electron chi connectivity index (χ2n) is 7.57. The Kier molecular flexibility index (Phi) is 7.12. The number of likely N-dealkylation sites (tertiary alicyclic amines) is 1. The highest BCUT2D eigenvalue weighted by Crippen LogP contribution is 2.21. The lowest BCUT2D eigenvalue weighted by Gasteiger charge is -2.32. The van der Waals surface area contributed by atoms with Gasteiger partial charge in [0.1, 0.15) is 11.6 Å². The Morgan fingerprint density at radius 1 is 1.15 bits per heavy atom. The van der Waals surface area contributed by atoms with E-state index in [0.29, 0.717) is 37.9 Å². The van der Waals surface area contributed by atoms with Crippen molar-refractivity contribution in [1.82, 2.24) is 10.2 Å². The van der Waals surface area contributed by atoms with Gasteiger partial charge in [-0.25, -0.2) is 8.78 Å². The van der Waals surface area contributed by atoms with Crippen molar-refractivity contribution >= 4 is 11.8 Å². The summed E-state index contributed by atoms with van der Waals surface area (Å²) >= 11 is 0. The zero-order chi connectivity index (χ0) is 19.3. The molecule has 26 heavy (non-hydrogen) atoms. The predicted octanol–water partition coefficient (Wildman–Crippen LogP) is 3.76. The fourth-order valence-corrected chi connectivity index (χ4v) is 3.19. The Labute approximate surface area is 153 Å². The first-order valence-corrected chi connectivity index (χ1v) is 9.32. The van der Waals surface area contributed by atoms with Crippen molar-refractivity contribution in [2.75, 3.05) is 13.1 Å². The number of hydrogen-bond acceptors (Lipinski definition) is 2. The number of nitrogens with zero attached hydrogens (tertiary/aromatic N) is 1. The van der Waals surface area contributed by atoms with Crippen molar-refractivity contribution in [1.29, 1.82) is 0 Å². The van der Waals surface area contributed by atoms with E-state index in [2.05, 4.69) is 19.2 Å². The number of benzene rings is 1. The number of rotatable bonds is 6. The molecule has 0 radical (unpaired) electrons. The van der Waals surface area contributed by atoms with Crippen molar-refractivity contribution in [3.05, 3.63) is 35.4 Å². The van der Waals surface area contributed by atoms with Crippen LogP contribution in [-0.2, 0) is 4.79 Å². The number of carbonyl (C=O) groups is 2. The van der Waals surface area contributed by atoms with Gasteiger partial charge in [0, 0.05) is 31.1 Å². The molecule has 1 aliphatic rings. The average molecular weight is 366 g/mol. The summed E-state index contributed by atoms with van der Waals surface area (Å²) in [6.07, 6.45) is 3.12. The molecule has 1 aromatic rings. The van der Waals surface area contributed by atoms with Crippen molar-refractivity contribution < 1.29 is 18.4 Å². The zero-order valence-electron chi connectivity index (χ0n) is 15.7. The molecule has 0 saturated carbocycles. The van der Waals surface area contributed by atoms with Gasteiger partial charge in [-0.15, -0.1) is 0 Å². The van der Waals surface area contributed by atoms with Crippen LogP contribution in [0.5, 0.6) is 0 Å². The smallest absolute Gasteiger partial charge is 0.256 e. The Morgan fingerprint density at radius 3 is 2.38 bits per heavy atom. The molecule has 0 aromatic heterocycles. The van der Waals surface area contributed by atoms with Crippen LogP contribution in [0.25, 0.3) is 0 Å². The molecule has 1 heterocycles. The summed E-state index contributed by atoms with van der Waals surface area (Å²) in [6.45, 7) is 7.12. The van der Waals surface area contributed by atoms with Crippen LogP contribution in [-0.4, -0.2) is 35.8 Å². The van der Waals surface area contributed by atoms with Gasteiger partial charge < -0.3 is 10.2 Å². The van der Waals surface area contributed by atoms with Crippen molar-refractivity contribution in [2.24, 2.45) is 11.8 Å². The second kappa shape index (κ2) is 9.10. The van der Waals surface area contributed by atoms with Crippen molar-refractivity contribution in [2.45, 2.75) is 52.5 Å². The van der Waals surface area contributed by atoms with Crippen molar-refractivity contribution in [3.8, 4) is 0 Å². The molecule has 4 nitrogen and oxygen atoms in total. The molecule has 1 N–H and O–H groups in total. The summed E-state index contributed by atoms with van der Waals surface area (Å²) in [4.78, 5) is 26.3. The van der Waals surface area contributed by atoms with Gasteiger partial charge in [0.05, 0.1) is 5.56 Å². The fourth-order valence-electron chi connectivity index (χ4n) is 3.19. The minimum Gasteiger partial charge on any atom is -0.353 e. The summed E-state index contributed by atoms with van der Waals surface area (Å²) < 4.78 is 26.8. The monoisotopic (exact) mass is 366 g/mol. The van der Waals surface area contributed by atoms with Gasteiger partial charge in [0.15, 0.2) is 0 Å². The number of hydrogen-bond donors (Lipinski definition) is 1. The number of amides is 2. The third-order valence-electron chi connectivity index (χ3n) is 4.88. The average Bonchev–Trinajstić information content (AvgIpc) is 2.59. The van der Waals surface area contributed by atoms with Gasteiger partial charge in [-0.2, -0.15) is 0 Å². The van der Waals surface area contributed by atoms with Crippen LogP contribution in [0.15, 0.2) is 18.2 Å². The first kappa shape index (κ1) is 20.3. The Balaban J connectivity index is 1.84. The highest BCUT2D eigenvalue weighted by molar-refractivity contribution is 5.94. The molecule has 144 valence electrons. The van der Waals surface area contributed by atoms with Gasteiger partial charge in [-0.05, 0) is 50.7 Å². The third-order valence-corrected chi connectivity index (χ3v) is 4.88. The predicted molar refractivity (Wildman–Crippen MR) is 96.7 cm³/mol. The molecule has 0 bridgehead atoms. The van der Waals surface area contributed by atoms with Gasteiger partial charge in [-0.3, -0.25) is 9.59 Å². The van der Waals surface area contributed by atoms with Crippen LogP contribution in [0.3, 0.4) is 0 Å². The van der Waals surface area contributed by atoms with Crippen LogP contribution in [0, 0.1) is 23.5 Å². The quantitative estimate of drug-likeness (QED) is 0.833. The molecule has 1 aromatic carbocycles. The Morgan fingerprint density at radius 2 is 1.81 bits per heavy atom. The molecule has 1 aliphatic heterocycles. The fraction of sp³-hybridized carbons (Fsp3) is 0.600. The largest absolute Gasteiger partial charge is 0.353 e. The van der Waals surface area contributed by atoms with E-state index in [1.54, 1.807) is 0 Å². The van der Waals surface area contributed by atoms with E-state index in [4.69, 9.17) is 0 Å². The van der Waals surface area contributed by atoms with E-state index in [1.165, 1.54) is 11.0 Å². The van der Waals surface area contributed by atoms with Crippen LogP contribution in [0.1, 0.15) is 56.8 Å². The normalized spacial score (nSPS) is 16.6. The van der Waals surface area contributed by atoms with E-state index < -0.39 is 17.5 Å². The summed E-state index contributed by atoms with van der Waals surface area (Å²) in [5.74, 6) is -1.50. The topological polar surface area (TPSA) is 49.4 Å². The maximum absolute atomic E-state index is 13.8. The van der Waals surface area contributed by atoms with Crippen LogP contribution in [0.4, 0.5) is 8.78 Å². The van der Waals surface area contributed by atoms with Crippen LogP contribution in [0.2, 0.25) is 0 Å². The Hall–Kier alpha value is -1.98. The summed E-state index contributed by atoms with van der Waals surface area (Å²) in [7, 11) is 0. The van der Waals surface area contributed by atoms with Crippen molar-refractivity contribution in [3.63, 3.8) is 0 Å². The molecule has 1 fully saturated rings. The molecule has 0 spiro atoms.